The lowest BCUT2D eigenvalue weighted by Crippen LogP contribution is -2.20. The van der Waals surface area contributed by atoms with Gasteiger partial charge < -0.3 is 15.5 Å². The van der Waals surface area contributed by atoms with Gasteiger partial charge in [0.1, 0.15) is 11.3 Å². The number of amides is 1. The van der Waals surface area contributed by atoms with Crippen molar-refractivity contribution in [2.45, 2.75) is 32.1 Å². The van der Waals surface area contributed by atoms with Crippen molar-refractivity contribution < 1.29 is 9.21 Å². The number of fused-ring (bicyclic) bond motifs is 3. The summed E-state index contributed by atoms with van der Waals surface area (Å²) in [5.41, 5.74) is 8.08. The maximum atomic E-state index is 11.4. The van der Waals surface area contributed by atoms with Crippen molar-refractivity contribution in [1.82, 2.24) is 5.32 Å². The predicted octanol–water partition coefficient (Wildman–Crippen LogP) is 2.56. The maximum absolute atomic E-state index is 11.4. The van der Waals surface area contributed by atoms with Crippen molar-refractivity contribution in [3.63, 3.8) is 0 Å². The normalized spacial score (nSPS) is 18.8. The molecule has 0 bridgehead atoms. The zero-order valence-electron chi connectivity index (χ0n) is 11.7. The molecule has 1 atom stereocenters. The van der Waals surface area contributed by atoms with Crippen LogP contribution in [0.25, 0.3) is 11.0 Å². The van der Waals surface area contributed by atoms with E-state index in [-0.39, 0.29) is 5.91 Å². The Morgan fingerprint density at radius 2 is 2.35 bits per heavy atom. The van der Waals surface area contributed by atoms with Gasteiger partial charge in [0.25, 0.3) is 0 Å². The highest BCUT2D eigenvalue weighted by atomic mass is 16.3. The molecule has 0 saturated heterocycles. The van der Waals surface area contributed by atoms with E-state index in [0.717, 1.165) is 49.1 Å². The standard InChI is InChI=1S/C16H20N2O2/c1-2-3-11-9-18-7-6-14-15(11)12-8-10(16(17)19)4-5-13(12)20-14/h4-5,8,11,18H,2-3,6-7,9H2,1H3,(H2,17,19). The predicted molar refractivity (Wildman–Crippen MR) is 79.0 cm³/mol. The van der Waals surface area contributed by atoms with Gasteiger partial charge in [-0.15, -0.1) is 0 Å². The Kier molecular flexibility index (Phi) is 3.49. The number of hydrogen-bond acceptors (Lipinski definition) is 3. The van der Waals surface area contributed by atoms with Crippen LogP contribution in [0.15, 0.2) is 22.6 Å². The largest absolute Gasteiger partial charge is 0.461 e. The van der Waals surface area contributed by atoms with Crippen molar-refractivity contribution in [2.24, 2.45) is 5.73 Å². The minimum absolute atomic E-state index is 0.388. The van der Waals surface area contributed by atoms with E-state index in [2.05, 4.69) is 12.2 Å². The molecule has 0 fully saturated rings. The Bertz CT molecular complexity index is 645. The third kappa shape index (κ3) is 2.20. The van der Waals surface area contributed by atoms with Gasteiger partial charge >= 0.3 is 0 Å². The Hall–Kier alpha value is -1.81. The van der Waals surface area contributed by atoms with E-state index in [1.807, 2.05) is 12.1 Å². The fraction of sp³-hybridized carbons (Fsp3) is 0.438. The van der Waals surface area contributed by atoms with Crippen LogP contribution < -0.4 is 11.1 Å². The van der Waals surface area contributed by atoms with Gasteiger partial charge in [0.05, 0.1) is 0 Å². The molecule has 2 aromatic rings. The minimum atomic E-state index is -0.388. The van der Waals surface area contributed by atoms with Crippen LogP contribution in [0.4, 0.5) is 0 Å². The molecule has 1 unspecified atom stereocenters. The van der Waals surface area contributed by atoms with Crippen LogP contribution in [0, 0.1) is 0 Å². The van der Waals surface area contributed by atoms with Gasteiger partial charge in [-0.3, -0.25) is 4.79 Å². The summed E-state index contributed by atoms with van der Waals surface area (Å²) in [4.78, 5) is 11.4. The second-order valence-electron chi connectivity index (χ2n) is 5.45. The lowest BCUT2D eigenvalue weighted by Gasteiger charge is -2.14. The molecule has 1 aromatic carbocycles. The first-order valence-corrected chi connectivity index (χ1v) is 7.26. The first kappa shape index (κ1) is 13.2. The first-order valence-electron chi connectivity index (χ1n) is 7.26. The molecule has 0 saturated carbocycles. The van der Waals surface area contributed by atoms with Gasteiger partial charge in [-0.1, -0.05) is 13.3 Å². The number of benzene rings is 1. The molecular formula is C16H20N2O2. The summed E-state index contributed by atoms with van der Waals surface area (Å²) in [5, 5.41) is 4.52. The third-order valence-corrected chi connectivity index (χ3v) is 4.05. The lowest BCUT2D eigenvalue weighted by molar-refractivity contribution is 0.100. The van der Waals surface area contributed by atoms with Crippen LogP contribution in [0.1, 0.15) is 47.4 Å². The summed E-state index contributed by atoms with van der Waals surface area (Å²) < 4.78 is 5.99. The zero-order valence-corrected chi connectivity index (χ0v) is 11.7. The van der Waals surface area contributed by atoms with Gasteiger partial charge in [-0.25, -0.2) is 0 Å². The monoisotopic (exact) mass is 272 g/mol. The zero-order chi connectivity index (χ0) is 14.1. The smallest absolute Gasteiger partial charge is 0.248 e. The van der Waals surface area contributed by atoms with Gasteiger partial charge in [0.2, 0.25) is 5.91 Å². The summed E-state index contributed by atoms with van der Waals surface area (Å²) in [6.45, 7) is 4.10. The van der Waals surface area contributed by atoms with Crippen molar-refractivity contribution in [2.75, 3.05) is 13.1 Å². The van der Waals surface area contributed by atoms with Crippen molar-refractivity contribution in [3.05, 3.63) is 35.1 Å². The van der Waals surface area contributed by atoms with Crippen molar-refractivity contribution in [3.8, 4) is 0 Å². The molecule has 3 N–H and O–H groups in total. The van der Waals surface area contributed by atoms with E-state index in [9.17, 15) is 4.79 Å². The van der Waals surface area contributed by atoms with Crippen LogP contribution in [0.3, 0.4) is 0 Å². The highest BCUT2D eigenvalue weighted by molar-refractivity contribution is 5.97. The summed E-state index contributed by atoms with van der Waals surface area (Å²) in [6, 6.07) is 5.48. The Balaban J connectivity index is 2.17. The van der Waals surface area contributed by atoms with Crippen LogP contribution >= 0.6 is 0 Å². The SMILES string of the molecule is CCCC1CNCCc2oc3ccc(C(N)=O)cc3c21. The molecule has 1 aromatic heterocycles. The van der Waals surface area contributed by atoms with Gasteiger partial charge in [-0.05, 0) is 24.6 Å². The second-order valence-corrected chi connectivity index (χ2v) is 5.45. The van der Waals surface area contributed by atoms with E-state index in [1.54, 1.807) is 6.07 Å². The number of carbonyl (C=O) groups is 1. The maximum Gasteiger partial charge on any atom is 0.248 e. The molecule has 0 spiro atoms. The number of hydrogen-bond donors (Lipinski definition) is 2. The highest BCUT2D eigenvalue weighted by Crippen LogP contribution is 2.36. The summed E-state index contributed by atoms with van der Waals surface area (Å²) in [6.07, 6.45) is 3.15. The van der Waals surface area contributed by atoms with E-state index < -0.39 is 0 Å². The molecule has 20 heavy (non-hydrogen) atoms. The molecule has 3 rings (SSSR count). The van der Waals surface area contributed by atoms with Crippen LogP contribution in [0.2, 0.25) is 0 Å². The van der Waals surface area contributed by atoms with E-state index >= 15 is 0 Å². The molecule has 0 aliphatic carbocycles. The fourth-order valence-electron chi connectivity index (χ4n) is 3.13. The average molecular weight is 272 g/mol. The van der Waals surface area contributed by atoms with E-state index in [4.69, 9.17) is 10.2 Å². The quantitative estimate of drug-likeness (QED) is 0.902. The van der Waals surface area contributed by atoms with Crippen molar-refractivity contribution >= 4 is 16.9 Å². The molecule has 1 aliphatic heterocycles. The molecule has 4 heteroatoms. The molecule has 1 amide bonds. The third-order valence-electron chi connectivity index (χ3n) is 4.05. The fourth-order valence-corrected chi connectivity index (χ4v) is 3.13. The Morgan fingerprint density at radius 3 is 3.10 bits per heavy atom. The van der Waals surface area contributed by atoms with Gasteiger partial charge in [-0.2, -0.15) is 0 Å². The van der Waals surface area contributed by atoms with Crippen LogP contribution in [0.5, 0.6) is 0 Å². The summed E-state index contributed by atoms with van der Waals surface area (Å²) >= 11 is 0. The van der Waals surface area contributed by atoms with Crippen LogP contribution in [-0.4, -0.2) is 19.0 Å². The average Bonchev–Trinajstić information content (AvgIpc) is 2.68. The molecule has 0 radical (unpaired) electrons. The number of carbonyl (C=O) groups excluding carboxylic acids is 1. The number of rotatable bonds is 3. The van der Waals surface area contributed by atoms with E-state index in [1.165, 1.54) is 5.56 Å². The topological polar surface area (TPSA) is 68.3 Å². The van der Waals surface area contributed by atoms with Crippen LogP contribution in [-0.2, 0) is 6.42 Å². The molecule has 2 heterocycles. The van der Waals surface area contributed by atoms with Crippen molar-refractivity contribution in [1.29, 1.82) is 0 Å². The molecular weight excluding hydrogens is 252 g/mol. The number of nitrogens with two attached hydrogens (primary N) is 1. The second kappa shape index (κ2) is 5.29. The molecule has 4 nitrogen and oxygen atoms in total. The summed E-state index contributed by atoms with van der Waals surface area (Å²) in [5.74, 6) is 1.12. The Labute approximate surface area is 118 Å². The van der Waals surface area contributed by atoms with Gasteiger partial charge in [0, 0.05) is 41.9 Å². The molecule has 106 valence electrons. The number of nitrogens with one attached hydrogen (secondary N) is 1. The first-order chi connectivity index (χ1) is 9.70. The summed E-state index contributed by atoms with van der Waals surface area (Å²) in [7, 11) is 0. The highest BCUT2D eigenvalue weighted by Gasteiger charge is 2.24. The van der Waals surface area contributed by atoms with Gasteiger partial charge in [0.15, 0.2) is 0 Å². The number of primary amides is 1. The Morgan fingerprint density at radius 1 is 1.50 bits per heavy atom. The minimum Gasteiger partial charge on any atom is -0.461 e. The van der Waals surface area contributed by atoms with E-state index in [0.29, 0.717) is 11.5 Å². The number of furan rings is 1. The lowest BCUT2D eigenvalue weighted by atomic mass is 9.91. The molecule has 1 aliphatic rings.